The Morgan fingerprint density at radius 2 is 1.71 bits per heavy atom. The fourth-order valence-electron chi connectivity index (χ4n) is 1.54. The van der Waals surface area contributed by atoms with Gasteiger partial charge in [-0.1, -0.05) is 12.8 Å². The molecule has 5 heteroatoms. The second kappa shape index (κ2) is 5.47. The summed E-state index contributed by atoms with van der Waals surface area (Å²) in [5.41, 5.74) is 0. The van der Waals surface area contributed by atoms with Crippen molar-refractivity contribution in [2.75, 3.05) is 19.6 Å². The molecule has 0 atom stereocenters. The summed E-state index contributed by atoms with van der Waals surface area (Å²) < 4.78 is 0. The maximum absolute atomic E-state index is 11.4. The first-order chi connectivity index (χ1) is 6.70. The highest BCUT2D eigenvalue weighted by Crippen LogP contribution is 2.09. The van der Waals surface area contributed by atoms with Gasteiger partial charge in [0, 0.05) is 13.1 Å². The van der Waals surface area contributed by atoms with E-state index in [1.807, 2.05) is 0 Å². The molecule has 1 aliphatic heterocycles. The molecule has 1 heterocycles. The number of nitrogens with one attached hydrogen (secondary N) is 1. The number of nitrogens with zero attached hydrogens (tertiary/aromatic N) is 1. The predicted molar refractivity (Wildman–Crippen MR) is 51.1 cm³/mol. The molecular weight excluding hydrogens is 184 g/mol. The SMILES string of the molecule is O=C(O)CNC(=O)N1CCCCCC1. The number of aliphatic carboxylic acids is 1. The number of carbonyl (C=O) groups is 2. The minimum atomic E-state index is -1.01. The third kappa shape index (κ3) is 3.64. The number of hydrogen-bond acceptors (Lipinski definition) is 2. The van der Waals surface area contributed by atoms with Crippen LogP contribution in [0.3, 0.4) is 0 Å². The van der Waals surface area contributed by atoms with Crippen LogP contribution in [0.4, 0.5) is 4.79 Å². The Balaban J connectivity index is 2.30. The number of likely N-dealkylation sites (tertiary alicyclic amines) is 1. The second-order valence-corrected chi connectivity index (χ2v) is 3.45. The molecule has 0 saturated carbocycles. The maximum Gasteiger partial charge on any atom is 0.323 e. The zero-order chi connectivity index (χ0) is 10.4. The monoisotopic (exact) mass is 200 g/mol. The van der Waals surface area contributed by atoms with Crippen LogP contribution >= 0.6 is 0 Å². The van der Waals surface area contributed by atoms with Crippen LogP contribution in [0.1, 0.15) is 25.7 Å². The number of carboxylic acid groups (broad SMARTS) is 1. The summed E-state index contributed by atoms with van der Waals surface area (Å²) in [5, 5.41) is 10.8. The molecule has 0 unspecified atom stereocenters. The Hall–Kier alpha value is -1.26. The van der Waals surface area contributed by atoms with Gasteiger partial charge >= 0.3 is 12.0 Å². The highest BCUT2D eigenvalue weighted by molar-refractivity contribution is 5.79. The lowest BCUT2D eigenvalue weighted by Crippen LogP contribution is -2.42. The average molecular weight is 200 g/mol. The van der Waals surface area contributed by atoms with Gasteiger partial charge in [0.05, 0.1) is 0 Å². The molecule has 0 aromatic heterocycles. The summed E-state index contributed by atoms with van der Waals surface area (Å²) in [4.78, 5) is 23.3. The lowest BCUT2D eigenvalue weighted by molar-refractivity contribution is -0.135. The lowest BCUT2D eigenvalue weighted by atomic mass is 10.2. The fraction of sp³-hybridized carbons (Fsp3) is 0.778. The topological polar surface area (TPSA) is 69.6 Å². The van der Waals surface area contributed by atoms with E-state index in [0.29, 0.717) is 0 Å². The van der Waals surface area contributed by atoms with Gasteiger partial charge in [-0.2, -0.15) is 0 Å². The van der Waals surface area contributed by atoms with Crippen molar-refractivity contribution in [2.24, 2.45) is 0 Å². The van der Waals surface area contributed by atoms with Gasteiger partial charge in [0.2, 0.25) is 0 Å². The van der Waals surface area contributed by atoms with Crippen LogP contribution in [-0.4, -0.2) is 41.6 Å². The molecule has 0 bridgehead atoms. The average Bonchev–Trinajstić information content (AvgIpc) is 2.42. The molecule has 80 valence electrons. The number of hydrogen-bond donors (Lipinski definition) is 2. The van der Waals surface area contributed by atoms with Gasteiger partial charge in [-0.3, -0.25) is 4.79 Å². The summed E-state index contributed by atoms with van der Waals surface area (Å²) in [6, 6.07) is -0.255. The van der Waals surface area contributed by atoms with E-state index in [-0.39, 0.29) is 12.6 Å². The Morgan fingerprint density at radius 3 is 2.21 bits per heavy atom. The van der Waals surface area contributed by atoms with E-state index in [0.717, 1.165) is 38.8 Å². The van der Waals surface area contributed by atoms with Crippen LogP contribution in [0.2, 0.25) is 0 Å². The zero-order valence-electron chi connectivity index (χ0n) is 8.16. The highest BCUT2D eigenvalue weighted by Gasteiger charge is 2.15. The number of amides is 2. The third-order valence-electron chi connectivity index (χ3n) is 2.28. The quantitative estimate of drug-likeness (QED) is 0.687. The Bertz CT molecular complexity index is 210. The Kier molecular flexibility index (Phi) is 4.22. The number of carboxylic acids is 1. The van der Waals surface area contributed by atoms with Gasteiger partial charge in [-0.15, -0.1) is 0 Å². The smallest absolute Gasteiger partial charge is 0.323 e. The summed E-state index contributed by atoms with van der Waals surface area (Å²) >= 11 is 0. The molecule has 1 rings (SSSR count). The molecule has 0 aliphatic carbocycles. The van der Waals surface area contributed by atoms with Crippen molar-refractivity contribution in [1.29, 1.82) is 0 Å². The van der Waals surface area contributed by atoms with E-state index in [2.05, 4.69) is 5.32 Å². The van der Waals surface area contributed by atoms with Crippen molar-refractivity contribution in [3.63, 3.8) is 0 Å². The molecule has 5 nitrogen and oxygen atoms in total. The molecule has 1 aliphatic rings. The van der Waals surface area contributed by atoms with E-state index in [1.54, 1.807) is 4.90 Å². The number of urea groups is 1. The van der Waals surface area contributed by atoms with Gasteiger partial charge in [-0.25, -0.2) is 4.79 Å². The minimum Gasteiger partial charge on any atom is -0.480 e. The van der Waals surface area contributed by atoms with Crippen molar-refractivity contribution in [1.82, 2.24) is 10.2 Å². The second-order valence-electron chi connectivity index (χ2n) is 3.45. The van der Waals surface area contributed by atoms with Crippen molar-refractivity contribution in [3.8, 4) is 0 Å². The first kappa shape index (κ1) is 10.8. The molecular formula is C9H16N2O3. The number of carbonyl (C=O) groups excluding carboxylic acids is 1. The van der Waals surface area contributed by atoms with Crippen molar-refractivity contribution in [3.05, 3.63) is 0 Å². The predicted octanol–water partition coefficient (Wildman–Crippen LogP) is 0.657. The van der Waals surface area contributed by atoms with Gasteiger partial charge in [0.25, 0.3) is 0 Å². The lowest BCUT2D eigenvalue weighted by Gasteiger charge is -2.19. The minimum absolute atomic E-state index is 0.255. The van der Waals surface area contributed by atoms with Gasteiger partial charge in [0.1, 0.15) is 6.54 Å². The first-order valence-electron chi connectivity index (χ1n) is 4.95. The van der Waals surface area contributed by atoms with Crippen molar-refractivity contribution < 1.29 is 14.7 Å². The molecule has 2 N–H and O–H groups in total. The summed E-state index contributed by atoms with van der Waals surface area (Å²) in [6.07, 6.45) is 4.34. The van der Waals surface area contributed by atoms with Crippen LogP contribution in [0.25, 0.3) is 0 Å². The summed E-state index contributed by atoms with van der Waals surface area (Å²) in [6.45, 7) is 1.19. The standard InChI is InChI=1S/C9H16N2O3/c12-8(13)7-10-9(14)11-5-3-1-2-4-6-11/h1-7H2,(H,10,14)(H,12,13). The van der Waals surface area contributed by atoms with Crippen LogP contribution < -0.4 is 5.32 Å². The molecule has 2 amide bonds. The van der Waals surface area contributed by atoms with Crippen molar-refractivity contribution >= 4 is 12.0 Å². The molecule has 14 heavy (non-hydrogen) atoms. The molecule has 0 aromatic rings. The van der Waals surface area contributed by atoms with E-state index in [4.69, 9.17) is 5.11 Å². The van der Waals surface area contributed by atoms with E-state index in [9.17, 15) is 9.59 Å². The largest absolute Gasteiger partial charge is 0.480 e. The molecule has 0 spiro atoms. The zero-order valence-corrected chi connectivity index (χ0v) is 8.16. The third-order valence-corrected chi connectivity index (χ3v) is 2.28. The van der Waals surface area contributed by atoms with E-state index >= 15 is 0 Å². The van der Waals surface area contributed by atoms with Crippen LogP contribution in [0.5, 0.6) is 0 Å². The normalized spacial score (nSPS) is 17.3. The van der Waals surface area contributed by atoms with Crippen LogP contribution in [-0.2, 0) is 4.79 Å². The Labute approximate surface area is 83.1 Å². The molecule has 1 saturated heterocycles. The summed E-state index contributed by atoms with van der Waals surface area (Å²) in [5.74, 6) is -1.01. The molecule has 0 aromatic carbocycles. The number of rotatable bonds is 2. The van der Waals surface area contributed by atoms with Crippen LogP contribution in [0, 0.1) is 0 Å². The van der Waals surface area contributed by atoms with Gasteiger partial charge in [0.15, 0.2) is 0 Å². The Morgan fingerprint density at radius 1 is 1.14 bits per heavy atom. The van der Waals surface area contributed by atoms with Gasteiger partial charge in [-0.05, 0) is 12.8 Å². The molecule has 0 radical (unpaired) electrons. The maximum atomic E-state index is 11.4. The van der Waals surface area contributed by atoms with Crippen LogP contribution in [0.15, 0.2) is 0 Å². The first-order valence-corrected chi connectivity index (χ1v) is 4.95. The van der Waals surface area contributed by atoms with Gasteiger partial charge < -0.3 is 15.3 Å². The summed E-state index contributed by atoms with van der Waals surface area (Å²) in [7, 11) is 0. The van der Waals surface area contributed by atoms with E-state index < -0.39 is 5.97 Å². The van der Waals surface area contributed by atoms with Crippen molar-refractivity contribution in [2.45, 2.75) is 25.7 Å². The van der Waals surface area contributed by atoms with E-state index in [1.165, 1.54) is 0 Å². The fourth-order valence-corrected chi connectivity index (χ4v) is 1.54. The molecule has 1 fully saturated rings. The highest BCUT2D eigenvalue weighted by atomic mass is 16.4.